The highest BCUT2D eigenvalue weighted by Crippen LogP contribution is 2.21. The van der Waals surface area contributed by atoms with Crippen molar-refractivity contribution in [3.63, 3.8) is 0 Å². The van der Waals surface area contributed by atoms with Gasteiger partial charge in [0.25, 0.3) is 0 Å². The van der Waals surface area contributed by atoms with Crippen LogP contribution in [0.4, 0.5) is 10.1 Å². The van der Waals surface area contributed by atoms with Crippen molar-refractivity contribution in [1.82, 2.24) is 0 Å². The number of amides is 1. The summed E-state index contributed by atoms with van der Waals surface area (Å²) in [4.78, 5) is 15.6. The van der Waals surface area contributed by atoms with Gasteiger partial charge >= 0.3 is 0 Å². The van der Waals surface area contributed by atoms with E-state index in [0.29, 0.717) is 18.7 Å². The topological polar surface area (TPSA) is 20.3 Å². The van der Waals surface area contributed by atoms with Crippen molar-refractivity contribution in [3.8, 4) is 0 Å². The van der Waals surface area contributed by atoms with E-state index in [4.69, 9.17) is 0 Å². The van der Waals surface area contributed by atoms with Crippen LogP contribution in [0.1, 0.15) is 10.4 Å². The minimum atomic E-state index is -0.305. The molecule has 3 rings (SSSR count). The first kappa shape index (κ1) is 15.4. The zero-order chi connectivity index (χ0) is 16.1. The molecule has 0 aliphatic carbocycles. The molecular formula is C19H16FNOS. The van der Waals surface area contributed by atoms with Gasteiger partial charge in [-0.05, 0) is 41.3 Å². The smallest absolute Gasteiger partial charge is 0.231 e. The first-order valence-corrected chi connectivity index (χ1v) is 8.22. The summed E-state index contributed by atoms with van der Waals surface area (Å²) in [5.74, 6) is -0.309. The molecule has 0 saturated heterocycles. The van der Waals surface area contributed by atoms with Gasteiger partial charge in [-0.1, -0.05) is 36.4 Å². The number of carbonyl (C=O) groups is 1. The van der Waals surface area contributed by atoms with Crippen LogP contribution in [0.3, 0.4) is 0 Å². The predicted octanol–water partition coefficient (Wildman–Crippen LogP) is 4.66. The SMILES string of the molecule is O=C(Cc1ccccc1)N(Cc1cccs1)c1ccc(F)cc1. The molecule has 2 nitrogen and oxygen atoms in total. The first-order valence-electron chi connectivity index (χ1n) is 7.34. The average molecular weight is 325 g/mol. The van der Waals surface area contributed by atoms with E-state index in [9.17, 15) is 9.18 Å². The summed E-state index contributed by atoms with van der Waals surface area (Å²) in [5, 5.41) is 1.99. The van der Waals surface area contributed by atoms with Gasteiger partial charge in [-0.2, -0.15) is 0 Å². The molecule has 0 aliphatic heterocycles. The number of thiophene rings is 1. The Balaban J connectivity index is 1.84. The largest absolute Gasteiger partial charge is 0.307 e. The van der Waals surface area contributed by atoms with Crippen LogP contribution in [0.15, 0.2) is 72.1 Å². The van der Waals surface area contributed by atoms with Gasteiger partial charge in [-0.3, -0.25) is 4.79 Å². The molecule has 2 aromatic carbocycles. The molecule has 0 bridgehead atoms. The Hall–Kier alpha value is -2.46. The highest BCUT2D eigenvalue weighted by Gasteiger charge is 2.17. The number of benzene rings is 2. The van der Waals surface area contributed by atoms with Crippen LogP contribution in [0.25, 0.3) is 0 Å². The lowest BCUT2D eigenvalue weighted by molar-refractivity contribution is -0.118. The first-order chi connectivity index (χ1) is 11.2. The number of rotatable bonds is 5. The minimum absolute atomic E-state index is 0.00351. The van der Waals surface area contributed by atoms with E-state index in [1.54, 1.807) is 28.4 Å². The summed E-state index contributed by atoms with van der Waals surface area (Å²) in [6, 6.07) is 19.7. The van der Waals surface area contributed by atoms with Crippen molar-refractivity contribution in [2.75, 3.05) is 4.90 Å². The molecular weight excluding hydrogens is 309 g/mol. The Morgan fingerprint density at radius 1 is 0.957 bits per heavy atom. The Kier molecular flexibility index (Phi) is 4.83. The van der Waals surface area contributed by atoms with Crippen molar-refractivity contribution >= 4 is 22.9 Å². The van der Waals surface area contributed by atoms with Gasteiger partial charge < -0.3 is 4.90 Å². The maximum atomic E-state index is 13.2. The molecule has 0 aliphatic rings. The molecule has 0 spiro atoms. The van der Waals surface area contributed by atoms with E-state index in [0.717, 1.165) is 10.4 Å². The summed E-state index contributed by atoms with van der Waals surface area (Å²) in [5.41, 5.74) is 1.68. The van der Waals surface area contributed by atoms with Crippen LogP contribution in [-0.2, 0) is 17.8 Å². The Labute approximate surface area is 138 Å². The molecule has 1 aromatic heterocycles. The third-order valence-electron chi connectivity index (χ3n) is 3.53. The average Bonchev–Trinajstić information content (AvgIpc) is 3.08. The molecule has 0 saturated carbocycles. The molecule has 3 aromatic rings. The van der Waals surface area contributed by atoms with Gasteiger partial charge in [-0.15, -0.1) is 11.3 Å². The molecule has 0 unspecified atom stereocenters. The molecule has 4 heteroatoms. The summed E-state index contributed by atoms with van der Waals surface area (Å²) in [7, 11) is 0. The molecule has 23 heavy (non-hydrogen) atoms. The number of nitrogens with zero attached hydrogens (tertiary/aromatic N) is 1. The highest BCUT2D eigenvalue weighted by atomic mass is 32.1. The monoisotopic (exact) mass is 325 g/mol. The molecule has 1 heterocycles. The van der Waals surface area contributed by atoms with Crippen molar-refractivity contribution < 1.29 is 9.18 Å². The maximum Gasteiger partial charge on any atom is 0.231 e. The van der Waals surface area contributed by atoms with E-state index in [1.165, 1.54) is 12.1 Å². The molecule has 0 N–H and O–H groups in total. The lowest BCUT2D eigenvalue weighted by atomic mass is 10.1. The minimum Gasteiger partial charge on any atom is -0.307 e. The van der Waals surface area contributed by atoms with Crippen LogP contribution < -0.4 is 4.90 Å². The lowest BCUT2D eigenvalue weighted by Crippen LogP contribution is -2.31. The van der Waals surface area contributed by atoms with E-state index in [2.05, 4.69) is 0 Å². The van der Waals surface area contributed by atoms with Gasteiger partial charge in [0, 0.05) is 10.6 Å². The quantitative estimate of drug-likeness (QED) is 0.668. The second kappa shape index (κ2) is 7.20. The zero-order valence-electron chi connectivity index (χ0n) is 12.5. The van der Waals surface area contributed by atoms with Crippen LogP contribution in [-0.4, -0.2) is 5.91 Å². The van der Waals surface area contributed by atoms with E-state index in [1.807, 2.05) is 47.8 Å². The lowest BCUT2D eigenvalue weighted by Gasteiger charge is -2.22. The van der Waals surface area contributed by atoms with Crippen LogP contribution >= 0.6 is 11.3 Å². The molecule has 116 valence electrons. The van der Waals surface area contributed by atoms with Crippen molar-refractivity contribution in [1.29, 1.82) is 0 Å². The van der Waals surface area contributed by atoms with E-state index in [-0.39, 0.29) is 11.7 Å². The molecule has 0 fully saturated rings. The fraction of sp³-hybridized carbons (Fsp3) is 0.105. The van der Waals surface area contributed by atoms with Crippen LogP contribution in [0, 0.1) is 5.82 Å². The summed E-state index contributed by atoms with van der Waals surface area (Å²) in [6.07, 6.45) is 0.323. The highest BCUT2D eigenvalue weighted by molar-refractivity contribution is 7.09. The van der Waals surface area contributed by atoms with Gasteiger partial charge in [0.05, 0.1) is 13.0 Å². The van der Waals surface area contributed by atoms with E-state index >= 15 is 0 Å². The Morgan fingerprint density at radius 2 is 1.70 bits per heavy atom. The standard InChI is InChI=1S/C19H16FNOS/c20-16-8-10-17(11-9-16)21(14-18-7-4-12-23-18)19(22)13-15-5-2-1-3-6-15/h1-12H,13-14H2. The van der Waals surface area contributed by atoms with Gasteiger partial charge in [0.1, 0.15) is 5.82 Å². The number of halogens is 1. The van der Waals surface area contributed by atoms with Gasteiger partial charge in [0.2, 0.25) is 5.91 Å². The third kappa shape index (κ3) is 4.05. The fourth-order valence-electron chi connectivity index (χ4n) is 2.37. The Bertz CT molecular complexity index is 754. The van der Waals surface area contributed by atoms with E-state index < -0.39 is 0 Å². The van der Waals surface area contributed by atoms with Crippen molar-refractivity contribution in [2.45, 2.75) is 13.0 Å². The normalized spacial score (nSPS) is 10.5. The number of hydrogen-bond acceptors (Lipinski definition) is 2. The summed E-state index contributed by atoms with van der Waals surface area (Å²) in [6.45, 7) is 0.495. The number of carbonyl (C=O) groups excluding carboxylic acids is 1. The fourth-order valence-corrected chi connectivity index (χ4v) is 3.06. The second-order valence-electron chi connectivity index (χ2n) is 5.20. The van der Waals surface area contributed by atoms with Crippen molar-refractivity contribution in [3.05, 3.63) is 88.4 Å². The molecule has 0 radical (unpaired) electrons. The second-order valence-corrected chi connectivity index (χ2v) is 6.23. The Morgan fingerprint density at radius 3 is 2.35 bits per heavy atom. The number of anilines is 1. The third-order valence-corrected chi connectivity index (χ3v) is 4.39. The zero-order valence-corrected chi connectivity index (χ0v) is 13.3. The molecule has 1 amide bonds. The maximum absolute atomic E-state index is 13.2. The molecule has 0 atom stereocenters. The van der Waals surface area contributed by atoms with Gasteiger partial charge in [-0.25, -0.2) is 4.39 Å². The summed E-state index contributed by atoms with van der Waals surface area (Å²) < 4.78 is 13.2. The van der Waals surface area contributed by atoms with Crippen molar-refractivity contribution in [2.24, 2.45) is 0 Å². The van der Waals surface area contributed by atoms with Crippen LogP contribution in [0.2, 0.25) is 0 Å². The predicted molar refractivity (Wildman–Crippen MR) is 92.1 cm³/mol. The van der Waals surface area contributed by atoms with Gasteiger partial charge in [0.15, 0.2) is 0 Å². The summed E-state index contributed by atoms with van der Waals surface area (Å²) >= 11 is 1.60. The van der Waals surface area contributed by atoms with Crippen LogP contribution in [0.5, 0.6) is 0 Å². The number of hydrogen-bond donors (Lipinski definition) is 0.